The van der Waals surface area contributed by atoms with Gasteiger partial charge in [0.15, 0.2) is 0 Å². The Balaban J connectivity index is 3.30. The molecule has 0 aromatic carbocycles. The van der Waals surface area contributed by atoms with E-state index in [1.54, 1.807) is 6.08 Å². The van der Waals surface area contributed by atoms with Crippen molar-refractivity contribution in [3.8, 4) is 0 Å². The van der Waals surface area contributed by atoms with Crippen LogP contribution in [0.5, 0.6) is 0 Å². The van der Waals surface area contributed by atoms with Crippen LogP contribution in [0.15, 0.2) is 60.8 Å². The molecule has 0 saturated heterocycles. The summed E-state index contributed by atoms with van der Waals surface area (Å²) in [6, 6.07) is -0.616. The van der Waals surface area contributed by atoms with E-state index < -0.39 is 12.1 Å². The molecular weight excluding hydrogens is 639 g/mol. The van der Waals surface area contributed by atoms with Gasteiger partial charge in [-0.3, -0.25) is 4.79 Å². The standard InChI is InChI=1S/C48H87NO3/c1-3-5-7-8-9-10-11-12-13-14-15-16-17-18-19-20-21-22-23-24-25-26-27-28-29-30-31-32-33-34-35-36-37-38-39-40-42-44-48(52)49-46(45-50)47(51)43-41-6-4-2/h5,7,9-10,12-13,15-16,41,43,46-47,50-51H,3-4,6,8,11,14,17-40,42,44-45H2,1-2H3,(H,49,52)/b7-5-,10-9-,13-12-,16-15-,43-41+. The quantitative estimate of drug-likeness (QED) is 0.0435. The average Bonchev–Trinajstić information content (AvgIpc) is 3.15. The third-order valence-corrected chi connectivity index (χ3v) is 9.99. The molecule has 0 saturated carbocycles. The Morgan fingerprint density at radius 1 is 0.481 bits per heavy atom. The second-order valence-electron chi connectivity index (χ2n) is 15.1. The lowest BCUT2D eigenvalue weighted by Crippen LogP contribution is -2.45. The first-order valence-corrected chi connectivity index (χ1v) is 22.5. The highest BCUT2D eigenvalue weighted by Gasteiger charge is 2.17. The minimum Gasteiger partial charge on any atom is -0.394 e. The van der Waals surface area contributed by atoms with E-state index in [0.29, 0.717) is 6.42 Å². The second-order valence-corrected chi connectivity index (χ2v) is 15.1. The molecule has 0 bridgehead atoms. The highest BCUT2D eigenvalue weighted by atomic mass is 16.3. The van der Waals surface area contributed by atoms with Crippen molar-refractivity contribution in [3.05, 3.63) is 60.8 Å². The van der Waals surface area contributed by atoms with Gasteiger partial charge < -0.3 is 15.5 Å². The smallest absolute Gasteiger partial charge is 0.220 e. The van der Waals surface area contributed by atoms with Crippen molar-refractivity contribution >= 4 is 5.91 Å². The van der Waals surface area contributed by atoms with Crippen LogP contribution in [-0.4, -0.2) is 34.9 Å². The Bertz CT molecular complexity index is 873. The molecule has 0 spiro atoms. The summed E-state index contributed by atoms with van der Waals surface area (Å²) in [6.45, 7) is 4.00. The lowest BCUT2D eigenvalue weighted by atomic mass is 10.0. The summed E-state index contributed by atoms with van der Waals surface area (Å²) in [5.74, 6) is -0.0748. The third-order valence-electron chi connectivity index (χ3n) is 9.99. The van der Waals surface area contributed by atoms with Gasteiger partial charge >= 0.3 is 0 Å². The first kappa shape index (κ1) is 50.1. The lowest BCUT2D eigenvalue weighted by molar-refractivity contribution is -0.123. The van der Waals surface area contributed by atoms with E-state index in [9.17, 15) is 15.0 Å². The van der Waals surface area contributed by atoms with Gasteiger partial charge in [-0.05, 0) is 51.4 Å². The molecule has 0 fully saturated rings. The molecule has 1 amide bonds. The number of unbranched alkanes of at least 4 members (excludes halogenated alkanes) is 25. The number of aliphatic hydroxyl groups is 2. The Kier molecular flexibility index (Phi) is 41.9. The number of amides is 1. The normalized spacial score (nSPS) is 13.5. The van der Waals surface area contributed by atoms with Crippen LogP contribution in [0.1, 0.15) is 219 Å². The summed E-state index contributed by atoms with van der Waals surface area (Å²) in [5, 5.41) is 22.4. The van der Waals surface area contributed by atoms with Gasteiger partial charge in [0, 0.05) is 6.42 Å². The Morgan fingerprint density at radius 2 is 0.846 bits per heavy atom. The van der Waals surface area contributed by atoms with Crippen LogP contribution in [0, 0.1) is 0 Å². The lowest BCUT2D eigenvalue weighted by Gasteiger charge is -2.19. The summed E-state index contributed by atoms with van der Waals surface area (Å²) in [7, 11) is 0. The van der Waals surface area contributed by atoms with Gasteiger partial charge in [-0.25, -0.2) is 0 Å². The maximum Gasteiger partial charge on any atom is 0.220 e. The monoisotopic (exact) mass is 726 g/mol. The summed E-state index contributed by atoms with van der Waals surface area (Å²) < 4.78 is 0. The molecule has 0 aliphatic heterocycles. The van der Waals surface area contributed by atoms with Gasteiger partial charge in [0.2, 0.25) is 5.91 Å². The van der Waals surface area contributed by atoms with Gasteiger partial charge in [0.1, 0.15) is 0 Å². The zero-order valence-electron chi connectivity index (χ0n) is 34.6. The molecule has 0 aromatic heterocycles. The highest BCUT2D eigenvalue weighted by molar-refractivity contribution is 5.76. The number of hydrogen-bond donors (Lipinski definition) is 3. The third kappa shape index (κ3) is 39.3. The zero-order valence-corrected chi connectivity index (χ0v) is 34.6. The van der Waals surface area contributed by atoms with E-state index >= 15 is 0 Å². The van der Waals surface area contributed by atoms with Crippen molar-refractivity contribution < 1.29 is 15.0 Å². The molecule has 0 aromatic rings. The van der Waals surface area contributed by atoms with E-state index in [2.05, 4.69) is 67.8 Å². The molecule has 0 heterocycles. The highest BCUT2D eigenvalue weighted by Crippen LogP contribution is 2.16. The Labute approximate surface area is 324 Å². The van der Waals surface area contributed by atoms with Crippen molar-refractivity contribution in [2.75, 3.05) is 6.61 Å². The molecule has 2 unspecified atom stereocenters. The molecule has 4 heteroatoms. The molecule has 2 atom stereocenters. The predicted octanol–water partition coefficient (Wildman–Crippen LogP) is 14.1. The van der Waals surface area contributed by atoms with Gasteiger partial charge in [-0.2, -0.15) is 0 Å². The Hall–Kier alpha value is -1.91. The largest absolute Gasteiger partial charge is 0.394 e. The maximum atomic E-state index is 12.2. The van der Waals surface area contributed by atoms with Crippen molar-refractivity contribution in [1.29, 1.82) is 0 Å². The fourth-order valence-electron chi connectivity index (χ4n) is 6.59. The van der Waals surface area contributed by atoms with Crippen LogP contribution >= 0.6 is 0 Å². The van der Waals surface area contributed by atoms with E-state index in [1.165, 1.54) is 148 Å². The summed E-state index contributed by atoms with van der Waals surface area (Å²) >= 11 is 0. The van der Waals surface area contributed by atoms with Crippen molar-refractivity contribution in [2.24, 2.45) is 0 Å². The van der Waals surface area contributed by atoms with Gasteiger partial charge in [-0.15, -0.1) is 0 Å². The first-order valence-electron chi connectivity index (χ1n) is 22.5. The topological polar surface area (TPSA) is 69.6 Å². The van der Waals surface area contributed by atoms with Crippen LogP contribution in [0.3, 0.4) is 0 Å². The molecule has 0 aliphatic carbocycles. The summed E-state index contributed by atoms with van der Waals surface area (Å²) in [6.07, 6.45) is 61.5. The molecule has 0 rings (SSSR count). The van der Waals surface area contributed by atoms with E-state index in [4.69, 9.17) is 0 Å². The zero-order chi connectivity index (χ0) is 37.8. The maximum absolute atomic E-state index is 12.2. The molecule has 0 radical (unpaired) electrons. The second kappa shape index (κ2) is 43.5. The number of hydrogen-bond acceptors (Lipinski definition) is 3. The molecule has 4 nitrogen and oxygen atoms in total. The molecular formula is C48H87NO3. The number of allylic oxidation sites excluding steroid dienone is 9. The molecule has 0 aliphatic rings. The molecule has 3 N–H and O–H groups in total. The summed E-state index contributed by atoms with van der Waals surface area (Å²) in [5.41, 5.74) is 0. The van der Waals surface area contributed by atoms with Crippen molar-refractivity contribution in [1.82, 2.24) is 5.32 Å². The summed E-state index contributed by atoms with van der Waals surface area (Å²) in [4.78, 5) is 12.2. The van der Waals surface area contributed by atoms with E-state index in [-0.39, 0.29) is 12.5 Å². The Morgan fingerprint density at radius 3 is 1.23 bits per heavy atom. The van der Waals surface area contributed by atoms with Crippen LogP contribution in [0.4, 0.5) is 0 Å². The number of carbonyl (C=O) groups is 1. The SMILES string of the molecule is CC/C=C\C/C=C\C/C=C\C/C=C\CCCCCCCCCCCCCCCCCCCCCCCCCCC(=O)NC(CO)C(O)/C=C/CCC. The fourth-order valence-corrected chi connectivity index (χ4v) is 6.59. The van der Waals surface area contributed by atoms with E-state index in [1.807, 2.05) is 6.08 Å². The van der Waals surface area contributed by atoms with Crippen LogP contribution in [0.2, 0.25) is 0 Å². The average molecular weight is 726 g/mol. The van der Waals surface area contributed by atoms with Crippen molar-refractivity contribution in [2.45, 2.75) is 231 Å². The molecule has 52 heavy (non-hydrogen) atoms. The fraction of sp³-hybridized carbons (Fsp3) is 0.771. The number of carbonyl (C=O) groups excluding carboxylic acids is 1. The first-order chi connectivity index (χ1) is 25.7. The van der Waals surface area contributed by atoms with E-state index in [0.717, 1.165) is 51.4 Å². The number of nitrogens with one attached hydrogen (secondary N) is 1. The van der Waals surface area contributed by atoms with Crippen LogP contribution < -0.4 is 5.32 Å². The van der Waals surface area contributed by atoms with Gasteiger partial charge in [-0.1, -0.05) is 222 Å². The van der Waals surface area contributed by atoms with Crippen LogP contribution in [-0.2, 0) is 4.79 Å². The van der Waals surface area contributed by atoms with Crippen LogP contribution in [0.25, 0.3) is 0 Å². The molecule has 302 valence electrons. The van der Waals surface area contributed by atoms with Gasteiger partial charge in [0.05, 0.1) is 18.8 Å². The number of rotatable bonds is 40. The van der Waals surface area contributed by atoms with Crippen molar-refractivity contribution in [3.63, 3.8) is 0 Å². The van der Waals surface area contributed by atoms with Gasteiger partial charge in [0.25, 0.3) is 0 Å². The number of aliphatic hydroxyl groups excluding tert-OH is 2. The minimum atomic E-state index is -0.833. The predicted molar refractivity (Wildman–Crippen MR) is 230 cm³/mol. The minimum absolute atomic E-state index is 0.0748.